The highest BCUT2D eigenvalue weighted by atomic mass is 28.3. The zero-order valence-electron chi connectivity index (χ0n) is 9.80. The Hall–Kier alpha value is 0.137. The maximum atomic E-state index is 2.67. The van der Waals surface area contributed by atoms with Crippen molar-refractivity contribution in [2.24, 2.45) is 0 Å². The van der Waals surface area contributed by atoms with Crippen LogP contribution in [0.2, 0.25) is 19.6 Å². The van der Waals surface area contributed by atoms with E-state index < -0.39 is 8.24 Å². The third-order valence-electron chi connectivity index (χ3n) is 2.56. The second-order valence-electron chi connectivity index (χ2n) is 5.27. The van der Waals surface area contributed by atoms with E-state index in [9.17, 15) is 0 Å². The maximum absolute atomic E-state index is 2.67. The van der Waals surface area contributed by atoms with Gasteiger partial charge in [0.15, 0.2) is 0 Å². The monoisotopic (exact) mass is 200 g/mol. The first kappa shape index (κ1) is 11.2. The summed E-state index contributed by atoms with van der Waals surface area (Å²) in [6.07, 6.45) is 2.77. The number of hydrogen-bond donors (Lipinski definition) is 0. The maximum Gasteiger partial charge on any atom is 0.137 e. The van der Waals surface area contributed by atoms with Crippen LogP contribution in [0.1, 0.15) is 26.7 Å². The Morgan fingerprint density at radius 3 is 1.85 bits per heavy atom. The van der Waals surface area contributed by atoms with E-state index in [-0.39, 0.29) is 0 Å². The normalized spacial score (nSPS) is 20.5. The summed E-state index contributed by atoms with van der Waals surface area (Å²) in [5.74, 6) is 0. The van der Waals surface area contributed by atoms with Gasteiger partial charge in [-0.3, -0.25) is 4.67 Å². The Kier molecular flexibility index (Phi) is 3.55. The highest BCUT2D eigenvalue weighted by Gasteiger charge is 2.32. The van der Waals surface area contributed by atoms with Crippen molar-refractivity contribution in [2.75, 3.05) is 13.1 Å². The first-order chi connectivity index (χ1) is 5.93. The van der Waals surface area contributed by atoms with Crippen LogP contribution >= 0.6 is 0 Å². The number of rotatable bonds is 3. The molecule has 0 amide bonds. The Labute approximate surface area is 84.0 Å². The van der Waals surface area contributed by atoms with Crippen molar-refractivity contribution >= 4 is 8.24 Å². The Balaban J connectivity index is 2.67. The van der Waals surface area contributed by atoms with Gasteiger partial charge in [0.2, 0.25) is 0 Å². The lowest BCUT2D eigenvalue weighted by Gasteiger charge is -2.44. The highest BCUT2D eigenvalue weighted by Crippen LogP contribution is 2.21. The quantitative estimate of drug-likeness (QED) is 0.646. The summed E-state index contributed by atoms with van der Waals surface area (Å²) >= 11 is 0. The molecule has 0 radical (unpaired) electrons. The van der Waals surface area contributed by atoms with Crippen LogP contribution in [0, 0.1) is 0 Å². The topological polar surface area (TPSA) is 6.48 Å². The smallest absolute Gasteiger partial charge is 0.137 e. The molecule has 1 rings (SSSR count). The number of hydrogen-bond acceptors (Lipinski definition) is 2. The highest BCUT2D eigenvalue weighted by molar-refractivity contribution is 6.73. The third kappa shape index (κ3) is 2.79. The molecule has 13 heavy (non-hydrogen) atoms. The van der Waals surface area contributed by atoms with Crippen LogP contribution in [0.15, 0.2) is 0 Å². The van der Waals surface area contributed by atoms with E-state index in [0.717, 1.165) is 0 Å². The van der Waals surface area contributed by atoms with Crippen LogP contribution in [0.3, 0.4) is 0 Å². The summed E-state index contributed by atoms with van der Waals surface area (Å²) in [5.41, 5.74) is 0. The largest absolute Gasteiger partial charge is 0.262 e. The van der Waals surface area contributed by atoms with Crippen molar-refractivity contribution in [3.05, 3.63) is 0 Å². The molecule has 0 aliphatic carbocycles. The summed E-state index contributed by atoms with van der Waals surface area (Å²) < 4.78 is 2.67. The van der Waals surface area contributed by atoms with Gasteiger partial charge in [-0.15, -0.1) is 0 Å². The molecule has 78 valence electrons. The van der Waals surface area contributed by atoms with Gasteiger partial charge in [0.1, 0.15) is 8.24 Å². The lowest BCUT2D eigenvalue weighted by atomic mass is 10.4. The molecule has 1 fully saturated rings. The van der Waals surface area contributed by atoms with Gasteiger partial charge < -0.3 is 0 Å². The summed E-state index contributed by atoms with van der Waals surface area (Å²) in [6, 6.07) is 0.671. The van der Waals surface area contributed by atoms with Crippen LogP contribution in [0.5, 0.6) is 0 Å². The average Bonchev–Trinajstić information content (AvgIpc) is 2.34. The molecule has 1 saturated heterocycles. The second-order valence-corrected chi connectivity index (χ2v) is 10.1. The zero-order chi connectivity index (χ0) is 10.1. The van der Waals surface area contributed by atoms with Gasteiger partial charge in [0.25, 0.3) is 0 Å². The molecule has 2 nitrogen and oxygen atoms in total. The Morgan fingerprint density at radius 1 is 1.08 bits per heavy atom. The molecule has 0 saturated carbocycles. The molecule has 0 bridgehead atoms. The van der Waals surface area contributed by atoms with Gasteiger partial charge in [-0.05, 0) is 26.7 Å². The minimum atomic E-state index is -1.16. The lowest BCUT2D eigenvalue weighted by molar-refractivity contribution is 0.0487. The minimum Gasteiger partial charge on any atom is -0.262 e. The fraction of sp³-hybridized carbons (Fsp3) is 1.00. The van der Waals surface area contributed by atoms with E-state index in [4.69, 9.17) is 0 Å². The molecular formula is C10H24N2Si. The second kappa shape index (κ2) is 4.11. The van der Waals surface area contributed by atoms with Gasteiger partial charge in [0.05, 0.1) is 0 Å². The third-order valence-corrected chi connectivity index (χ3v) is 4.74. The van der Waals surface area contributed by atoms with Crippen LogP contribution in [-0.2, 0) is 0 Å². The van der Waals surface area contributed by atoms with Crippen LogP contribution in [-0.4, -0.2) is 37.1 Å². The summed E-state index contributed by atoms with van der Waals surface area (Å²) in [5, 5.41) is 2.58. The first-order valence-electron chi connectivity index (χ1n) is 5.47. The van der Waals surface area contributed by atoms with E-state index >= 15 is 0 Å². The van der Waals surface area contributed by atoms with Gasteiger partial charge in [-0.25, -0.2) is 5.01 Å². The predicted octanol–water partition coefficient (Wildman–Crippen LogP) is 2.54. The fourth-order valence-corrected chi connectivity index (χ4v) is 5.04. The first-order valence-corrected chi connectivity index (χ1v) is 8.92. The standard InChI is InChI=1S/C10H24N2Si/c1-10(2)12(13(3,4)5)11-8-6-7-9-11/h10H,6-9H2,1-5H3. The van der Waals surface area contributed by atoms with Crippen LogP contribution < -0.4 is 0 Å². The predicted molar refractivity (Wildman–Crippen MR) is 61.1 cm³/mol. The SMILES string of the molecule is CC(C)N(N1CCCC1)[Si](C)(C)C. The van der Waals surface area contributed by atoms with Gasteiger partial charge >= 0.3 is 0 Å². The number of nitrogens with zero attached hydrogens (tertiary/aromatic N) is 2. The molecular weight excluding hydrogens is 176 g/mol. The molecule has 0 aromatic rings. The molecule has 1 heterocycles. The van der Waals surface area contributed by atoms with E-state index in [0.29, 0.717) is 6.04 Å². The van der Waals surface area contributed by atoms with Gasteiger partial charge in [-0.1, -0.05) is 19.6 Å². The van der Waals surface area contributed by atoms with E-state index in [1.165, 1.54) is 25.9 Å². The van der Waals surface area contributed by atoms with Crippen molar-refractivity contribution < 1.29 is 0 Å². The molecule has 0 N–H and O–H groups in total. The summed E-state index contributed by atoms with van der Waals surface area (Å²) in [7, 11) is -1.16. The molecule has 0 unspecified atom stereocenters. The molecule has 1 aliphatic rings. The molecule has 0 aromatic heterocycles. The molecule has 0 atom stereocenters. The lowest BCUT2D eigenvalue weighted by Crippen LogP contribution is -2.58. The van der Waals surface area contributed by atoms with Crippen molar-refractivity contribution in [3.63, 3.8) is 0 Å². The fourth-order valence-electron chi connectivity index (χ4n) is 2.44. The summed E-state index contributed by atoms with van der Waals surface area (Å²) in [4.78, 5) is 0. The Bertz CT molecular complexity index is 157. The van der Waals surface area contributed by atoms with E-state index in [2.05, 4.69) is 43.2 Å². The van der Waals surface area contributed by atoms with Crippen molar-refractivity contribution in [3.8, 4) is 0 Å². The van der Waals surface area contributed by atoms with Crippen molar-refractivity contribution in [1.29, 1.82) is 0 Å². The Morgan fingerprint density at radius 2 is 1.54 bits per heavy atom. The van der Waals surface area contributed by atoms with E-state index in [1.807, 2.05) is 0 Å². The molecule has 3 heteroatoms. The van der Waals surface area contributed by atoms with Crippen molar-refractivity contribution in [2.45, 2.75) is 52.4 Å². The number of hydrazine groups is 1. The van der Waals surface area contributed by atoms with Crippen LogP contribution in [0.25, 0.3) is 0 Å². The van der Waals surface area contributed by atoms with E-state index in [1.54, 1.807) is 0 Å². The molecule has 0 aromatic carbocycles. The van der Waals surface area contributed by atoms with Gasteiger partial charge in [0, 0.05) is 19.1 Å². The zero-order valence-corrected chi connectivity index (χ0v) is 10.8. The molecule has 1 aliphatic heterocycles. The van der Waals surface area contributed by atoms with Crippen molar-refractivity contribution in [1.82, 2.24) is 9.68 Å². The molecule has 0 spiro atoms. The van der Waals surface area contributed by atoms with Crippen LogP contribution in [0.4, 0.5) is 0 Å². The van der Waals surface area contributed by atoms with Gasteiger partial charge in [-0.2, -0.15) is 0 Å². The average molecular weight is 200 g/mol. The summed E-state index contributed by atoms with van der Waals surface area (Å²) in [6.45, 7) is 14.5. The minimum absolute atomic E-state index is 0.671.